The van der Waals surface area contributed by atoms with Crippen molar-refractivity contribution >= 4 is 34.3 Å². The fourth-order valence-electron chi connectivity index (χ4n) is 4.32. The molecule has 1 aliphatic heterocycles. The van der Waals surface area contributed by atoms with Crippen LogP contribution in [0.25, 0.3) is 10.9 Å². The summed E-state index contributed by atoms with van der Waals surface area (Å²) in [6, 6.07) is 20.1. The molecule has 0 spiro atoms. The molecule has 1 unspecified atom stereocenters. The smallest absolute Gasteiger partial charge is 0.415 e. The van der Waals surface area contributed by atoms with Gasteiger partial charge in [0, 0.05) is 35.2 Å². The molecule has 0 aliphatic carbocycles. The van der Waals surface area contributed by atoms with Crippen molar-refractivity contribution in [1.29, 1.82) is 0 Å². The van der Waals surface area contributed by atoms with Crippen LogP contribution in [0.15, 0.2) is 85.3 Å². The number of para-hydroxylation sites is 1. The zero-order valence-corrected chi connectivity index (χ0v) is 18.9. The Labute approximate surface area is 197 Å². The number of hydrogen-bond acceptors (Lipinski definition) is 5. The Balaban J connectivity index is 1.38. The van der Waals surface area contributed by atoms with E-state index >= 15 is 0 Å². The van der Waals surface area contributed by atoms with Crippen molar-refractivity contribution in [3.63, 3.8) is 0 Å². The number of nitrogens with one attached hydrogen (secondary N) is 1. The van der Waals surface area contributed by atoms with Crippen molar-refractivity contribution in [2.45, 2.75) is 31.9 Å². The molecule has 34 heavy (non-hydrogen) atoms. The highest BCUT2D eigenvalue weighted by molar-refractivity contribution is 6.08. The summed E-state index contributed by atoms with van der Waals surface area (Å²) in [5.74, 6) is -0.248. The van der Waals surface area contributed by atoms with Gasteiger partial charge in [-0.2, -0.15) is 0 Å². The third-order valence-corrected chi connectivity index (χ3v) is 6.13. The van der Waals surface area contributed by atoms with Gasteiger partial charge in [-0.1, -0.05) is 18.2 Å². The number of benzene rings is 2. The number of aromatic nitrogens is 2. The van der Waals surface area contributed by atoms with Gasteiger partial charge in [-0.15, -0.1) is 0 Å². The molecule has 2 amide bonds. The zero-order chi connectivity index (χ0) is 23.7. The van der Waals surface area contributed by atoms with E-state index in [1.165, 1.54) is 0 Å². The number of carbonyl (C=O) groups excluding carboxylic acids is 2. The van der Waals surface area contributed by atoms with E-state index in [1.807, 2.05) is 56.3 Å². The third kappa shape index (κ3) is 4.08. The van der Waals surface area contributed by atoms with Crippen molar-refractivity contribution in [3.8, 4) is 0 Å². The lowest BCUT2D eigenvalue weighted by atomic mass is 9.92. The van der Waals surface area contributed by atoms with Crippen LogP contribution in [0, 0.1) is 0 Å². The van der Waals surface area contributed by atoms with E-state index in [1.54, 1.807) is 47.8 Å². The van der Waals surface area contributed by atoms with Crippen LogP contribution in [0.2, 0.25) is 0 Å². The predicted octanol–water partition coefficient (Wildman–Crippen LogP) is 5.23. The molecule has 7 nitrogen and oxygen atoms in total. The number of cyclic esters (lactones) is 1. The van der Waals surface area contributed by atoms with Gasteiger partial charge in [-0.05, 0) is 74.4 Å². The molecule has 2 aromatic heterocycles. The van der Waals surface area contributed by atoms with Crippen molar-refractivity contribution in [2.24, 2.45) is 0 Å². The maximum absolute atomic E-state index is 12.9. The first kappa shape index (κ1) is 21.6. The van der Waals surface area contributed by atoms with Gasteiger partial charge >= 0.3 is 6.09 Å². The number of amides is 2. The minimum atomic E-state index is -0.669. The lowest BCUT2D eigenvalue weighted by Crippen LogP contribution is -2.43. The van der Waals surface area contributed by atoms with Crippen LogP contribution in [0.3, 0.4) is 0 Å². The monoisotopic (exact) mass is 452 g/mol. The van der Waals surface area contributed by atoms with Crippen LogP contribution in [-0.2, 0) is 11.2 Å². The molecular weight excluding hydrogens is 428 g/mol. The molecule has 2 aromatic carbocycles. The van der Waals surface area contributed by atoms with Crippen LogP contribution in [0.5, 0.6) is 0 Å². The van der Waals surface area contributed by atoms with E-state index in [4.69, 9.17) is 4.74 Å². The van der Waals surface area contributed by atoms with Gasteiger partial charge in [0.15, 0.2) is 0 Å². The van der Waals surface area contributed by atoms with E-state index < -0.39 is 11.7 Å². The molecule has 0 saturated carbocycles. The zero-order valence-electron chi connectivity index (χ0n) is 18.9. The van der Waals surface area contributed by atoms with E-state index in [0.29, 0.717) is 23.4 Å². The minimum Gasteiger partial charge on any atom is -0.441 e. The lowest BCUT2D eigenvalue weighted by molar-refractivity contribution is 0.0685. The third-order valence-electron chi connectivity index (χ3n) is 6.13. The molecule has 1 saturated heterocycles. The molecule has 1 aliphatic rings. The summed E-state index contributed by atoms with van der Waals surface area (Å²) in [5.41, 5.74) is 2.94. The molecule has 1 N–H and O–H groups in total. The summed E-state index contributed by atoms with van der Waals surface area (Å²) in [6.45, 7) is 3.83. The van der Waals surface area contributed by atoms with Gasteiger partial charge < -0.3 is 10.1 Å². The highest BCUT2D eigenvalue weighted by Crippen LogP contribution is 2.35. The Morgan fingerprint density at radius 1 is 1.00 bits per heavy atom. The number of nitrogens with zero attached hydrogens (tertiary/aromatic N) is 3. The molecule has 5 rings (SSSR count). The van der Waals surface area contributed by atoms with Crippen molar-refractivity contribution < 1.29 is 14.3 Å². The summed E-state index contributed by atoms with van der Waals surface area (Å²) in [7, 11) is 0. The number of ether oxygens (including phenoxy) is 1. The molecule has 7 heteroatoms. The number of fused-ring (bicyclic) bond motifs is 1. The van der Waals surface area contributed by atoms with Crippen LogP contribution < -0.4 is 10.2 Å². The summed E-state index contributed by atoms with van der Waals surface area (Å²) in [6.07, 6.45) is 5.40. The van der Waals surface area contributed by atoms with E-state index in [0.717, 1.165) is 16.5 Å². The molecule has 0 radical (unpaired) electrons. The first-order chi connectivity index (χ1) is 16.4. The Hall–Kier alpha value is -4.26. The summed E-state index contributed by atoms with van der Waals surface area (Å²) >= 11 is 0. The second-order valence-corrected chi connectivity index (χ2v) is 8.80. The lowest BCUT2D eigenvalue weighted by Gasteiger charge is -2.29. The number of pyridine rings is 2. The van der Waals surface area contributed by atoms with Crippen LogP contribution in [0.4, 0.5) is 16.2 Å². The maximum Gasteiger partial charge on any atom is 0.415 e. The number of rotatable bonds is 5. The molecule has 1 atom stereocenters. The van der Waals surface area contributed by atoms with E-state index in [9.17, 15) is 9.59 Å². The maximum atomic E-state index is 12.9. The fourth-order valence-corrected chi connectivity index (χ4v) is 4.32. The largest absolute Gasteiger partial charge is 0.441 e. The summed E-state index contributed by atoms with van der Waals surface area (Å²) < 4.78 is 5.68. The average Bonchev–Trinajstić information content (AvgIpc) is 3.07. The quantitative estimate of drug-likeness (QED) is 0.448. The van der Waals surface area contributed by atoms with Crippen LogP contribution in [-0.4, -0.2) is 33.6 Å². The number of anilines is 2. The van der Waals surface area contributed by atoms with Gasteiger partial charge in [0.2, 0.25) is 0 Å². The molecule has 1 fully saturated rings. The van der Waals surface area contributed by atoms with E-state index in [-0.39, 0.29) is 11.9 Å². The molecule has 170 valence electrons. The van der Waals surface area contributed by atoms with Gasteiger partial charge in [0.1, 0.15) is 5.60 Å². The van der Waals surface area contributed by atoms with Crippen molar-refractivity contribution in [2.75, 3.05) is 10.2 Å². The Kier molecular flexibility index (Phi) is 5.45. The topological polar surface area (TPSA) is 84.4 Å². The Bertz CT molecular complexity index is 1350. The highest BCUT2D eigenvalue weighted by Gasteiger charge is 2.48. The molecule has 4 aromatic rings. The standard InChI is InChI=1S/C27H24N4O3/c1-27(2)23(17-18-12-15-28-16-13-18)31(26(33)34-27)21-10-8-20(9-11-21)25(32)30-22-7-3-5-19-6-4-14-29-24(19)22/h3-16,23H,17H2,1-2H3,(H,30,32). The first-order valence-corrected chi connectivity index (χ1v) is 11.1. The van der Waals surface area contributed by atoms with Crippen LogP contribution >= 0.6 is 0 Å². The van der Waals surface area contributed by atoms with Crippen LogP contribution in [0.1, 0.15) is 29.8 Å². The average molecular weight is 453 g/mol. The Morgan fingerprint density at radius 2 is 1.74 bits per heavy atom. The molecule has 3 heterocycles. The van der Waals surface area contributed by atoms with Crippen molar-refractivity contribution in [3.05, 3.63) is 96.4 Å². The highest BCUT2D eigenvalue weighted by atomic mass is 16.6. The van der Waals surface area contributed by atoms with Gasteiger partial charge in [-0.25, -0.2) is 4.79 Å². The SMILES string of the molecule is CC1(C)OC(=O)N(c2ccc(C(=O)Nc3cccc4cccnc34)cc2)C1Cc1ccncc1. The second kappa shape index (κ2) is 8.59. The summed E-state index contributed by atoms with van der Waals surface area (Å²) in [5, 5.41) is 3.89. The normalized spacial score (nSPS) is 16.9. The van der Waals surface area contributed by atoms with Crippen molar-refractivity contribution in [1.82, 2.24) is 9.97 Å². The first-order valence-electron chi connectivity index (χ1n) is 11.1. The molecular formula is C27H24N4O3. The predicted molar refractivity (Wildman–Crippen MR) is 131 cm³/mol. The summed E-state index contributed by atoms with van der Waals surface area (Å²) in [4.78, 5) is 35.8. The second-order valence-electron chi connectivity index (χ2n) is 8.80. The number of hydrogen-bond donors (Lipinski definition) is 1. The van der Waals surface area contributed by atoms with E-state index in [2.05, 4.69) is 15.3 Å². The van der Waals surface area contributed by atoms with Gasteiger partial charge in [0.25, 0.3) is 5.91 Å². The number of carbonyl (C=O) groups is 2. The van der Waals surface area contributed by atoms with Gasteiger partial charge in [0.05, 0.1) is 17.2 Å². The molecule has 0 bridgehead atoms. The van der Waals surface area contributed by atoms with Gasteiger partial charge in [-0.3, -0.25) is 19.7 Å². The minimum absolute atomic E-state index is 0.205. The fraction of sp³-hybridized carbons (Fsp3) is 0.185. The Morgan fingerprint density at radius 3 is 2.50 bits per heavy atom.